The van der Waals surface area contributed by atoms with E-state index >= 15 is 0 Å². The number of aliphatic hydroxyl groups excluding tert-OH is 3. The Morgan fingerprint density at radius 3 is 1.30 bits per heavy atom. The lowest BCUT2D eigenvalue weighted by Crippen LogP contribution is -2.51. The molecule has 0 saturated carbocycles. The molecule has 2 unspecified atom stereocenters. The van der Waals surface area contributed by atoms with Gasteiger partial charge in [0.15, 0.2) is 5.78 Å². The fourth-order valence-corrected chi connectivity index (χ4v) is 4.42. The summed E-state index contributed by atoms with van der Waals surface area (Å²) in [6, 6.07) is -1.03. The average molecular weight is 472 g/mol. The number of Topliss-reactive ketones (excluding diaryl/α,β-unsaturated/α-hetero) is 1. The van der Waals surface area contributed by atoms with E-state index in [1.54, 1.807) is 0 Å². The molecular formula is C28H57NO4. The predicted octanol–water partition coefficient (Wildman–Crippen LogP) is 6.20. The van der Waals surface area contributed by atoms with Crippen molar-refractivity contribution in [3.8, 4) is 0 Å². The Kier molecular flexibility index (Phi) is 22.9. The maximum Gasteiger partial charge on any atom is 0.191 e. The summed E-state index contributed by atoms with van der Waals surface area (Å²) in [5, 5.41) is 30.6. The third-order valence-electron chi connectivity index (χ3n) is 6.86. The van der Waals surface area contributed by atoms with Crippen LogP contribution in [-0.4, -0.2) is 45.5 Å². The second kappa shape index (κ2) is 23.3. The summed E-state index contributed by atoms with van der Waals surface area (Å²) in [5.41, 5.74) is 5.92. The molecule has 0 spiro atoms. The molecule has 0 amide bonds. The Bertz CT molecular complexity index is 432. The highest BCUT2D eigenvalue weighted by Crippen LogP contribution is 2.16. The molecule has 198 valence electrons. The van der Waals surface area contributed by atoms with Crippen LogP contribution in [0.1, 0.15) is 149 Å². The van der Waals surface area contributed by atoms with Crippen molar-refractivity contribution < 1.29 is 20.1 Å². The van der Waals surface area contributed by atoms with Gasteiger partial charge in [-0.25, -0.2) is 0 Å². The molecule has 5 N–H and O–H groups in total. The van der Waals surface area contributed by atoms with Crippen LogP contribution in [0, 0.1) is 0 Å². The molecule has 0 aliphatic rings. The quantitative estimate of drug-likeness (QED) is 0.119. The van der Waals surface area contributed by atoms with Crippen molar-refractivity contribution in [1.29, 1.82) is 0 Å². The third kappa shape index (κ3) is 18.5. The van der Waals surface area contributed by atoms with Crippen LogP contribution >= 0.6 is 0 Å². The van der Waals surface area contributed by atoms with Gasteiger partial charge in [-0.2, -0.15) is 0 Å². The van der Waals surface area contributed by atoms with Crippen LogP contribution in [0.15, 0.2) is 0 Å². The summed E-state index contributed by atoms with van der Waals surface area (Å²) in [7, 11) is 0. The van der Waals surface area contributed by atoms with Gasteiger partial charge in [0.1, 0.15) is 12.2 Å². The van der Waals surface area contributed by atoms with Crippen molar-refractivity contribution in [2.24, 2.45) is 5.73 Å². The van der Waals surface area contributed by atoms with Crippen LogP contribution in [0.2, 0.25) is 0 Å². The van der Waals surface area contributed by atoms with Crippen LogP contribution < -0.4 is 5.73 Å². The van der Waals surface area contributed by atoms with E-state index in [-0.39, 0.29) is 0 Å². The highest BCUT2D eigenvalue weighted by atomic mass is 16.3. The SMILES string of the molecule is CCCCCCCCCCCCCCC[C@@H](O)[C@@H](N)C(O)C(=O)C(O)CCCCCCCC. The Labute approximate surface area is 204 Å². The lowest BCUT2D eigenvalue weighted by Gasteiger charge is -2.24. The van der Waals surface area contributed by atoms with E-state index in [2.05, 4.69) is 13.8 Å². The van der Waals surface area contributed by atoms with Gasteiger partial charge in [-0.05, 0) is 12.8 Å². The third-order valence-corrected chi connectivity index (χ3v) is 6.86. The molecule has 0 bridgehead atoms. The summed E-state index contributed by atoms with van der Waals surface area (Å²) >= 11 is 0. The number of hydrogen-bond acceptors (Lipinski definition) is 5. The molecular weight excluding hydrogens is 414 g/mol. The first kappa shape index (κ1) is 32.5. The molecule has 0 aromatic rings. The molecule has 0 aliphatic heterocycles. The van der Waals surface area contributed by atoms with Crippen molar-refractivity contribution >= 4 is 5.78 Å². The molecule has 33 heavy (non-hydrogen) atoms. The topological polar surface area (TPSA) is 104 Å². The van der Waals surface area contributed by atoms with Gasteiger partial charge in [-0.1, -0.05) is 136 Å². The van der Waals surface area contributed by atoms with Gasteiger partial charge in [0.05, 0.1) is 12.1 Å². The lowest BCUT2D eigenvalue weighted by molar-refractivity contribution is -0.138. The molecule has 5 heteroatoms. The normalized spacial score (nSPS) is 15.3. The standard InChI is InChI=1S/C28H57NO4/c1-3-5-7-9-11-12-13-14-15-16-17-19-20-22-24(30)26(29)28(33)27(32)25(31)23-21-18-10-8-6-4-2/h24-26,28,30-31,33H,3-23,29H2,1-2H3/t24-,25?,26-,28?/m1/s1. The van der Waals surface area contributed by atoms with E-state index in [4.69, 9.17) is 5.73 Å². The Morgan fingerprint density at radius 1 is 0.576 bits per heavy atom. The van der Waals surface area contributed by atoms with Crippen LogP contribution in [0.4, 0.5) is 0 Å². The summed E-state index contributed by atoms with van der Waals surface area (Å²) in [5.74, 6) is -0.652. The van der Waals surface area contributed by atoms with Gasteiger partial charge in [0.2, 0.25) is 0 Å². The average Bonchev–Trinajstić information content (AvgIpc) is 2.82. The van der Waals surface area contributed by atoms with Gasteiger partial charge in [0, 0.05) is 0 Å². The molecule has 0 rings (SSSR count). The Balaban J connectivity index is 3.75. The molecule has 5 nitrogen and oxygen atoms in total. The Morgan fingerprint density at radius 2 is 0.909 bits per heavy atom. The summed E-state index contributed by atoms with van der Waals surface area (Å²) in [4.78, 5) is 12.3. The van der Waals surface area contributed by atoms with E-state index in [9.17, 15) is 20.1 Å². The molecule has 0 aromatic carbocycles. The van der Waals surface area contributed by atoms with Gasteiger partial charge < -0.3 is 21.1 Å². The molecule has 0 aromatic heterocycles. The monoisotopic (exact) mass is 471 g/mol. The summed E-state index contributed by atoms with van der Waals surface area (Å²) in [6.45, 7) is 4.42. The number of carbonyl (C=O) groups excluding carboxylic acids is 1. The number of aliphatic hydroxyl groups is 3. The van der Waals surface area contributed by atoms with Crippen molar-refractivity contribution in [3.63, 3.8) is 0 Å². The zero-order chi connectivity index (χ0) is 24.7. The lowest BCUT2D eigenvalue weighted by atomic mass is 9.93. The maximum absolute atomic E-state index is 12.3. The van der Waals surface area contributed by atoms with E-state index in [0.717, 1.165) is 38.5 Å². The molecule has 0 fully saturated rings. The number of nitrogens with two attached hydrogens (primary N) is 1. The zero-order valence-electron chi connectivity index (χ0n) is 22.0. The first-order valence-electron chi connectivity index (χ1n) is 14.3. The first-order valence-corrected chi connectivity index (χ1v) is 14.3. The first-order chi connectivity index (χ1) is 16.0. The van der Waals surface area contributed by atoms with E-state index < -0.39 is 30.1 Å². The minimum atomic E-state index is -1.50. The molecule has 4 atom stereocenters. The fraction of sp³-hybridized carbons (Fsp3) is 0.964. The minimum absolute atomic E-state index is 0.351. The van der Waals surface area contributed by atoms with Gasteiger partial charge in [-0.3, -0.25) is 4.79 Å². The molecule has 0 radical (unpaired) electrons. The van der Waals surface area contributed by atoms with Crippen molar-refractivity contribution in [3.05, 3.63) is 0 Å². The molecule has 0 heterocycles. The Hall–Kier alpha value is -0.490. The minimum Gasteiger partial charge on any atom is -0.391 e. The van der Waals surface area contributed by atoms with Gasteiger partial charge in [0.25, 0.3) is 0 Å². The molecule has 0 saturated heterocycles. The number of hydrogen-bond donors (Lipinski definition) is 4. The second-order valence-corrected chi connectivity index (χ2v) is 10.1. The number of ketones is 1. The van der Waals surface area contributed by atoms with Crippen molar-refractivity contribution in [2.75, 3.05) is 0 Å². The fourth-order valence-electron chi connectivity index (χ4n) is 4.42. The van der Waals surface area contributed by atoms with E-state index in [1.165, 1.54) is 83.5 Å². The second-order valence-electron chi connectivity index (χ2n) is 10.1. The van der Waals surface area contributed by atoms with Crippen LogP contribution in [0.3, 0.4) is 0 Å². The number of carbonyl (C=O) groups is 1. The van der Waals surface area contributed by atoms with Crippen LogP contribution in [0.25, 0.3) is 0 Å². The summed E-state index contributed by atoms with van der Waals surface area (Å²) in [6.07, 6.45) is 20.0. The predicted molar refractivity (Wildman–Crippen MR) is 139 cm³/mol. The van der Waals surface area contributed by atoms with Crippen LogP contribution in [-0.2, 0) is 4.79 Å². The van der Waals surface area contributed by atoms with Crippen molar-refractivity contribution in [1.82, 2.24) is 0 Å². The van der Waals surface area contributed by atoms with E-state index in [0.29, 0.717) is 12.8 Å². The largest absolute Gasteiger partial charge is 0.391 e. The van der Waals surface area contributed by atoms with Gasteiger partial charge in [-0.15, -0.1) is 0 Å². The highest BCUT2D eigenvalue weighted by Gasteiger charge is 2.32. The maximum atomic E-state index is 12.3. The van der Waals surface area contributed by atoms with Gasteiger partial charge >= 0.3 is 0 Å². The highest BCUT2D eigenvalue weighted by molar-refractivity contribution is 5.87. The summed E-state index contributed by atoms with van der Waals surface area (Å²) < 4.78 is 0. The number of rotatable bonds is 25. The van der Waals surface area contributed by atoms with E-state index in [1.807, 2.05) is 0 Å². The van der Waals surface area contributed by atoms with Crippen LogP contribution in [0.5, 0.6) is 0 Å². The number of unbranched alkanes of at least 4 members (excludes halogenated alkanes) is 17. The zero-order valence-corrected chi connectivity index (χ0v) is 22.0. The smallest absolute Gasteiger partial charge is 0.191 e. The molecule has 0 aliphatic carbocycles. The van der Waals surface area contributed by atoms with Crippen molar-refractivity contribution in [2.45, 2.75) is 173 Å².